The lowest BCUT2D eigenvalue weighted by molar-refractivity contribution is -0.119. The number of carbonyl (C=O) groups excluding carboxylic acids is 3. The number of aromatic nitrogens is 1. The highest BCUT2D eigenvalue weighted by atomic mass is 19.1. The van der Waals surface area contributed by atoms with Crippen LogP contribution in [0.4, 0.5) is 10.1 Å². The Balaban J connectivity index is 1.51. The number of amides is 3. The van der Waals surface area contributed by atoms with Crippen molar-refractivity contribution < 1.29 is 18.8 Å². The average molecular weight is 439 g/mol. The Morgan fingerprint density at radius 3 is 2.41 bits per heavy atom. The van der Waals surface area contributed by atoms with Crippen molar-refractivity contribution in [2.75, 3.05) is 5.32 Å². The zero-order valence-corrected chi connectivity index (χ0v) is 18.4. The van der Waals surface area contributed by atoms with E-state index in [0.717, 1.165) is 31.2 Å². The molecule has 168 valence electrons. The number of H-pyrrole nitrogens is 1. The van der Waals surface area contributed by atoms with Crippen molar-refractivity contribution in [1.29, 1.82) is 0 Å². The summed E-state index contributed by atoms with van der Waals surface area (Å²) in [6, 6.07) is 4.39. The van der Waals surface area contributed by atoms with E-state index in [1.165, 1.54) is 25.1 Å². The Hall–Kier alpha value is -3.42. The largest absolute Gasteiger partial charge is 0.358 e. The predicted molar refractivity (Wildman–Crippen MR) is 120 cm³/mol. The first-order valence-corrected chi connectivity index (χ1v) is 10.8. The van der Waals surface area contributed by atoms with E-state index in [9.17, 15) is 18.8 Å². The number of hydrogen-bond acceptors (Lipinski definition) is 3. The van der Waals surface area contributed by atoms with E-state index in [4.69, 9.17) is 0 Å². The summed E-state index contributed by atoms with van der Waals surface area (Å²) in [7, 11) is 0. The van der Waals surface area contributed by atoms with Crippen molar-refractivity contribution in [2.24, 2.45) is 0 Å². The first-order chi connectivity index (χ1) is 15.2. The highest BCUT2D eigenvalue weighted by Gasteiger charge is 2.27. The maximum absolute atomic E-state index is 13.7. The molecule has 8 heteroatoms. The molecular weight excluding hydrogens is 411 g/mol. The first kappa shape index (κ1) is 21.8. The molecule has 0 spiro atoms. The number of carbonyl (C=O) groups is 3. The standard InChI is InChI=1S/C24H27FN4O3/c1-12-21(11-19-18-10-15(25)4-9-20(18)29-23(19)31)26-13(2)22(12)24(32)28-17-7-5-16(6-8-17)27-14(3)30/h4,9-11,16-17,26H,5-8H2,1-3H3,(H,27,30)(H,28,32)(H,29,31)/b19-11-/t16-,17-. The van der Waals surface area contributed by atoms with Crippen molar-refractivity contribution in [3.05, 3.63) is 52.1 Å². The van der Waals surface area contributed by atoms with E-state index < -0.39 is 5.82 Å². The SMILES string of the molecule is CC(=O)N[C@H]1CC[C@H](NC(=O)c2c(C)[nH]c(/C=C3\C(=O)Nc4ccc(F)cc43)c2C)CC1. The Morgan fingerprint density at radius 2 is 1.75 bits per heavy atom. The highest BCUT2D eigenvalue weighted by Crippen LogP contribution is 2.34. The summed E-state index contributed by atoms with van der Waals surface area (Å²) in [5.41, 5.74) is 4.06. The third kappa shape index (κ3) is 4.30. The van der Waals surface area contributed by atoms with Gasteiger partial charge < -0.3 is 20.9 Å². The molecule has 1 aromatic carbocycles. The van der Waals surface area contributed by atoms with Crippen molar-refractivity contribution in [2.45, 2.75) is 58.5 Å². The van der Waals surface area contributed by atoms with Crippen LogP contribution in [0.2, 0.25) is 0 Å². The number of anilines is 1. The molecule has 2 heterocycles. The fourth-order valence-electron chi connectivity index (χ4n) is 4.63. The van der Waals surface area contributed by atoms with Gasteiger partial charge in [-0.3, -0.25) is 14.4 Å². The molecule has 0 atom stereocenters. The summed E-state index contributed by atoms with van der Waals surface area (Å²) in [4.78, 5) is 39.9. The first-order valence-electron chi connectivity index (χ1n) is 10.8. The van der Waals surface area contributed by atoms with Crippen LogP contribution in [0.15, 0.2) is 18.2 Å². The van der Waals surface area contributed by atoms with Crippen LogP contribution in [0.25, 0.3) is 11.6 Å². The third-order valence-corrected chi connectivity index (χ3v) is 6.23. The average Bonchev–Trinajstić information content (AvgIpc) is 3.18. The maximum Gasteiger partial charge on any atom is 0.256 e. The molecule has 3 amide bonds. The predicted octanol–water partition coefficient (Wildman–Crippen LogP) is 3.44. The molecule has 0 radical (unpaired) electrons. The molecule has 1 aromatic heterocycles. The Labute approximate surface area is 185 Å². The lowest BCUT2D eigenvalue weighted by Gasteiger charge is -2.29. The molecule has 7 nitrogen and oxygen atoms in total. The van der Waals surface area contributed by atoms with E-state index in [2.05, 4.69) is 20.9 Å². The van der Waals surface area contributed by atoms with E-state index in [-0.39, 0.29) is 29.8 Å². The molecule has 4 rings (SSSR count). The highest BCUT2D eigenvalue weighted by molar-refractivity contribution is 6.34. The van der Waals surface area contributed by atoms with Gasteiger partial charge in [-0.25, -0.2) is 4.39 Å². The van der Waals surface area contributed by atoms with Crippen molar-refractivity contribution in [3.8, 4) is 0 Å². The van der Waals surface area contributed by atoms with Crippen molar-refractivity contribution in [1.82, 2.24) is 15.6 Å². The maximum atomic E-state index is 13.7. The third-order valence-electron chi connectivity index (χ3n) is 6.23. The molecular formula is C24H27FN4O3. The number of nitrogens with one attached hydrogen (secondary N) is 4. The van der Waals surface area contributed by atoms with Gasteiger partial charge in [0.15, 0.2) is 0 Å². The lowest BCUT2D eigenvalue weighted by Crippen LogP contribution is -2.43. The van der Waals surface area contributed by atoms with Gasteiger partial charge in [0, 0.05) is 41.6 Å². The lowest BCUT2D eigenvalue weighted by atomic mass is 9.91. The van der Waals surface area contributed by atoms with Crippen molar-refractivity contribution in [3.63, 3.8) is 0 Å². The number of halogens is 1. The number of rotatable bonds is 4. The number of aromatic amines is 1. The smallest absolute Gasteiger partial charge is 0.256 e. The van der Waals surface area contributed by atoms with Gasteiger partial charge in [0.25, 0.3) is 11.8 Å². The molecule has 0 bridgehead atoms. The van der Waals surface area contributed by atoms with Crippen LogP contribution < -0.4 is 16.0 Å². The molecule has 2 aliphatic rings. The monoisotopic (exact) mass is 438 g/mol. The Kier molecular flexibility index (Phi) is 5.86. The van der Waals surface area contributed by atoms with Gasteiger partial charge in [-0.15, -0.1) is 0 Å². The summed E-state index contributed by atoms with van der Waals surface area (Å²) in [6.45, 7) is 5.17. The van der Waals surface area contributed by atoms with E-state index in [1.807, 2.05) is 13.8 Å². The summed E-state index contributed by atoms with van der Waals surface area (Å²) in [5, 5.41) is 8.78. The molecule has 4 N–H and O–H groups in total. The fourth-order valence-corrected chi connectivity index (χ4v) is 4.63. The van der Waals surface area contributed by atoms with Crippen LogP contribution in [0.1, 0.15) is 65.5 Å². The molecule has 0 unspecified atom stereocenters. The fraction of sp³-hybridized carbons (Fsp3) is 0.375. The van der Waals surface area contributed by atoms with Gasteiger partial charge in [-0.05, 0) is 69.4 Å². The van der Waals surface area contributed by atoms with Gasteiger partial charge >= 0.3 is 0 Å². The molecule has 2 aromatic rings. The second kappa shape index (κ2) is 8.61. The van der Waals surface area contributed by atoms with Gasteiger partial charge in [0.2, 0.25) is 5.91 Å². The minimum Gasteiger partial charge on any atom is -0.358 e. The summed E-state index contributed by atoms with van der Waals surface area (Å²) >= 11 is 0. The van der Waals surface area contributed by atoms with Crippen LogP contribution in [0, 0.1) is 19.7 Å². The summed E-state index contributed by atoms with van der Waals surface area (Å²) in [5.74, 6) is -0.914. The second-order valence-corrected chi connectivity index (χ2v) is 8.59. The topological polar surface area (TPSA) is 103 Å². The zero-order valence-electron chi connectivity index (χ0n) is 18.4. The van der Waals surface area contributed by atoms with Gasteiger partial charge in [-0.1, -0.05) is 0 Å². The Morgan fingerprint density at radius 1 is 1.09 bits per heavy atom. The molecule has 0 saturated heterocycles. The Bertz CT molecular complexity index is 1130. The van der Waals surface area contributed by atoms with E-state index in [1.54, 1.807) is 6.08 Å². The molecule has 1 saturated carbocycles. The minimum absolute atomic E-state index is 0.0287. The quantitative estimate of drug-likeness (QED) is 0.550. The van der Waals surface area contributed by atoms with Gasteiger partial charge in [0.05, 0.1) is 11.1 Å². The zero-order chi connectivity index (χ0) is 23.0. The number of benzene rings is 1. The van der Waals surface area contributed by atoms with Crippen LogP contribution in [0.5, 0.6) is 0 Å². The second-order valence-electron chi connectivity index (χ2n) is 8.59. The van der Waals surface area contributed by atoms with Crippen LogP contribution in [0.3, 0.4) is 0 Å². The minimum atomic E-state index is -0.418. The van der Waals surface area contributed by atoms with Crippen LogP contribution in [-0.4, -0.2) is 34.8 Å². The van der Waals surface area contributed by atoms with Gasteiger partial charge in [0.1, 0.15) is 5.82 Å². The van der Waals surface area contributed by atoms with Crippen LogP contribution in [-0.2, 0) is 9.59 Å². The molecule has 1 fully saturated rings. The summed E-state index contributed by atoms with van der Waals surface area (Å²) in [6.07, 6.45) is 4.94. The van der Waals surface area contributed by atoms with Gasteiger partial charge in [-0.2, -0.15) is 0 Å². The number of hydrogen-bond donors (Lipinski definition) is 4. The van der Waals surface area contributed by atoms with E-state index in [0.29, 0.717) is 33.8 Å². The van der Waals surface area contributed by atoms with Crippen molar-refractivity contribution >= 4 is 35.1 Å². The normalized spacial score (nSPS) is 21.2. The molecule has 32 heavy (non-hydrogen) atoms. The molecule has 1 aliphatic carbocycles. The van der Waals surface area contributed by atoms with E-state index >= 15 is 0 Å². The summed E-state index contributed by atoms with van der Waals surface area (Å²) < 4.78 is 13.7. The molecule has 1 aliphatic heterocycles. The number of fused-ring (bicyclic) bond motifs is 1. The van der Waals surface area contributed by atoms with Crippen LogP contribution >= 0.6 is 0 Å². The number of aryl methyl sites for hydroxylation is 1.